The number of urea groups is 1. The fourth-order valence-corrected chi connectivity index (χ4v) is 5.07. The Morgan fingerprint density at radius 3 is 2.23 bits per heavy atom. The number of carbonyl (C=O) groups excluding carboxylic acids is 1. The van der Waals surface area contributed by atoms with Gasteiger partial charge in [0.15, 0.2) is 0 Å². The molecule has 1 aromatic heterocycles. The van der Waals surface area contributed by atoms with E-state index < -0.39 is 17.3 Å². The summed E-state index contributed by atoms with van der Waals surface area (Å²) in [5.41, 5.74) is -0.403. The normalized spacial score (nSPS) is 17.3. The summed E-state index contributed by atoms with van der Waals surface area (Å²) in [6.45, 7) is 12.5. The highest BCUT2D eigenvalue weighted by atomic mass is 35.5. The molecule has 12 heteroatoms. The van der Waals surface area contributed by atoms with Gasteiger partial charge in [0.1, 0.15) is 17.3 Å². The summed E-state index contributed by atoms with van der Waals surface area (Å²) in [7, 11) is 0. The largest absolute Gasteiger partial charge is 0.433 e. The fourth-order valence-electron chi connectivity index (χ4n) is 4.89. The van der Waals surface area contributed by atoms with Crippen LogP contribution in [-0.4, -0.2) is 91.2 Å². The lowest BCUT2D eigenvalue weighted by Crippen LogP contribution is -2.52. The predicted molar refractivity (Wildman–Crippen MR) is 152 cm³/mol. The number of rotatable bonds is 7. The number of aromatic nitrogens is 2. The SMILES string of the molecule is CC(C)(C)c1nc(N2CCN(CCCCNC(=O)N3CCN(c4cccc(Cl)c4)CC3)CC2)cc(C(F)(F)F)n1. The zero-order chi connectivity index (χ0) is 28.9. The molecule has 40 heavy (non-hydrogen) atoms. The second-order valence-electron chi connectivity index (χ2n) is 11.4. The Morgan fingerprint density at radius 2 is 1.60 bits per heavy atom. The first-order valence-electron chi connectivity index (χ1n) is 13.9. The lowest BCUT2D eigenvalue weighted by Gasteiger charge is -2.36. The Bertz CT molecular complexity index is 1110. The van der Waals surface area contributed by atoms with Crippen molar-refractivity contribution in [3.8, 4) is 0 Å². The summed E-state index contributed by atoms with van der Waals surface area (Å²) in [5, 5.41) is 3.74. The average molecular weight is 582 g/mol. The first kappa shape index (κ1) is 30.2. The highest BCUT2D eigenvalue weighted by molar-refractivity contribution is 6.30. The first-order valence-corrected chi connectivity index (χ1v) is 14.3. The van der Waals surface area contributed by atoms with Crippen molar-refractivity contribution < 1.29 is 18.0 Å². The van der Waals surface area contributed by atoms with Crippen LogP contribution in [0.25, 0.3) is 0 Å². The summed E-state index contributed by atoms with van der Waals surface area (Å²) in [5.74, 6) is 0.535. The van der Waals surface area contributed by atoms with Crippen molar-refractivity contribution in [1.29, 1.82) is 0 Å². The van der Waals surface area contributed by atoms with Crippen molar-refractivity contribution in [2.45, 2.75) is 45.2 Å². The van der Waals surface area contributed by atoms with Gasteiger partial charge in [0, 0.05) is 81.1 Å². The van der Waals surface area contributed by atoms with Crippen LogP contribution in [0.4, 0.5) is 29.5 Å². The second kappa shape index (κ2) is 12.8. The molecule has 0 aliphatic carbocycles. The molecule has 2 aliphatic heterocycles. The third kappa shape index (κ3) is 8.13. The van der Waals surface area contributed by atoms with Crippen LogP contribution < -0.4 is 15.1 Å². The number of alkyl halides is 3. The molecule has 1 N–H and O–H groups in total. The van der Waals surface area contributed by atoms with E-state index in [2.05, 4.69) is 25.1 Å². The Morgan fingerprint density at radius 1 is 0.925 bits per heavy atom. The molecule has 0 spiro atoms. The fraction of sp³-hybridized carbons (Fsp3) is 0.607. The smallest absolute Gasteiger partial charge is 0.368 e. The van der Waals surface area contributed by atoms with E-state index in [0.29, 0.717) is 43.6 Å². The summed E-state index contributed by atoms with van der Waals surface area (Å²) in [4.78, 5) is 29.2. The number of nitrogens with one attached hydrogen (secondary N) is 1. The van der Waals surface area contributed by atoms with Gasteiger partial charge >= 0.3 is 12.2 Å². The number of nitrogens with zero attached hydrogens (tertiary/aromatic N) is 6. The van der Waals surface area contributed by atoms with Crippen LogP contribution in [0.2, 0.25) is 5.02 Å². The van der Waals surface area contributed by atoms with Gasteiger partial charge in [0.25, 0.3) is 0 Å². The lowest BCUT2D eigenvalue weighted by molar-refractivity contribution is -0.141. The molecule has 0 saturated carbocycles. The van der Waals surface area contributed by atoms with E-state index in [9.17, 15) is 18.0 Å². The van der Waals surface area contributed by atoms with E-state index in [1.54, 1.807) is 0 Å². The first-order chi connectivity index (χ1) is 18.9. The number of hydrogen-bond acceptors (Lipinski definition) is 6. The Balaban J connectivity index is 1.15. The van der Waals surface area contributed by atoms with Crippen molar-refractivity contribution in [2.75, 3.05) is 75.2 Å². The molecular formula is C28H39ClF3N7O. The van der Waals surface area contributed by atoms with Crippen LogP contribution >= 0.6 is 11.6 Å². The maximum Gasteiger partial charge on any atom is 0.433 e. The summed E-state index contributed by atoms with van der Waals surface area (Å²) in [6.07, 6.45) is -2.72. The van der Waals surface area contributed by atoms with Crippen molar-refractivity contribution in [2.24, 2.45) is 0 Å². The molecule has 3 heterocycles. The number of hydrogen-bond donors (Lipinski definition) is 1. The van der Waals surface area contributed by atoms with Crippen LogP contribution in [0.3, 0.4) is 0 Å². The maximum atomic E-state index is 13.5. The maximum absolute atomic E-state index is 13.5. The Kier molecular flexibility index (Phi) is 9.66. The minimum Gasteiger partial charge on any atom is -0.368 e. The van der Waals surface area contributed by atoms with Crippen LogP contribution in [0.1, 0.15) is 45.1 Å². The summed E-state index contributed by atoms with van der Waals surface area (Å²) < 4.78 is 40.4. The third-order valence-corrected chi connectivity index (χ3v) is 7.52. The van der Waals surface area contributed by atoms with Gasteiger partial charge in [-0.1, -0.05) is 38.4 Å². The van der Waals surface area contributed by atoms with Gasteiger partial charge in [-0.3, -0.25) is 4.90 Å². The van der Waals surface area contributed by atoms with Crippen LogP contribution in [0.15, 0.2) is 30.3 Å². The van der Waals surface area contributed by atoms with Crippen LogP contribution in [0.5, 0.6) is 0 Å². The average Bonchev–Trinajstić information content (AvgIpc) is 2.92. The number of carbonyl (C=O) groups is 1. The molecule has 220 valence electrons. The third-order valence-electron chi connectivity index (χ3n) is 7.29. The molecule has 8 nitrogen and oxygen atoms in total. The molecule has 4 rings (SSSR count). The quantitative estimate of drug-likeness (QED) is 0.470. The van der Waals surface area contributed by atoms with Gasteiger partial charge in [-0.15, -0.1) is 0 Å². The van der Waals surface area contributed by atoms with Gasteiger partial charge in [0.2, 0.25) is 0 Å². The van der Waals surface area contributed by atoms with E-state index in [-0.39, 0.29) is 11.9 Å². The zero-order valence-electron chi connectivity index (χ0n) is 23.5. The number of unbranched alkanes of at least 4 members (excludes halogenated alkanes) is 1. The second-order valence-corrected chi connectivity index (χ2v) is 11.8. The standard InChI is InChI=1S/C28H39ClF3N7O/c1-27(2,3)25-34-23(28(30,31)32)20-24(35-25)38-13-11-36(12-14-38)10-5-4-9-33-26(40)39-17-15-37(16-18-39)22-8-6-7-21(29)19-22/h6-8,19-20H,4-5,9-18H2,1-3H3,(H,33,40). The highest BCUT2D eigenvalue weighted by Gasteiger charge is 2.36. The summed E-state index contributed by atoms with van der Waals surface area (Å²) in [6, 6.07) is 8.79. The van der Waals surface area contributed by atoms with Crippen LogP contribution in [0, 0.1) is 0 Å². The van der Waals surface area contributed by atoms with Crippen molar-refractivity contribution in [3.05, 3.63) is 46.9 Å². The molecule has 2 amide bonds. The topological polar surface area (TPSA) is 67.8 Å². The molecule has 0 bridgehead atoms. The van der Waals surface area contributed by atoms with Crippen LogP contribution in [-0.2, 0) is 11.6 Å². The number of piperazine rings is 2. The molecule has 1 aromatic carbocycles. The molecule has 0 radical (unpaired) electrons. The van der Waals surface area contributed by atoms with Gasteiger partial charge in [-0.05, 0) is 37.6 Å². The zero-order valence-corrected chi connectivity index (χ0v) is 24.2. The molecular weight excluding hydrogens is 543 g/mol. The molecule has 2 saturated heterocycles. The van der Waals surface area contributed by atoms with Gasteiger partial charge in [0.05, 0.1) is 0 Å². The van der Waals surface area contributed by atoms with Crippen molar-refractivity contribution in [1.82, 2.24) is 25.1 Å². The van der Waals surface area contributed by atoms with Gasteiger partial charge in [-0.2, -0.15) is 13.2 Å². The minimum absolute atomic E-state index is 0.0305. The monoisotopic (exact) mass is 581 g/mol. The molecule has 0 unspecified atom stereocenters. The van der Waals surface area contributed by atoms with Gasteiger partial charge < -0.3 is 20.0 Å². The number of amides is 2. The number of halogens is 4. The van der Waals surface area contributed by atoms with E-state index >= 15 is 0 Å². The molecule has 0 atom stereocenters. The number of anilines is 2. The van der Waals surface area contributed by atoms with E-state index in [1.165, 1.54) is 0 Å². The highest BCUT2D eigenvalue weighted by Crippen LogP contribution is 2.32. The summed E-state index contributed by atoms with van der Waals surface area (Å²) >= 11 is 6.10. The van der Waals surface area contributed by atoms with Crippen molar-refractivity contribution in [3.63, 3.8) is 0 Å². The van der Waals surface area contributed by atoms with E-state index in [4.69, 9.17) is 11.6 Å². The van der Waals surface area contributed by atoms with Crippen molar-refractivity contribution >= 4 is 29.1 Å². The number of benzene rings is 1. The lowest BCUT2D eigenvalue weighted by atomic mass is 9.95. The minimum atomic E-state index is -4.51. The molecule has 2 aromatic rings. The predicted octanol–water partition coefficient (Wildman–Crippen LogP) is 4.88. The Hall–Kier alpha value is -2.79. The molecule has 2 aliphatic rings. The molecule has 2 fully saturated rings. The van der Waals surface area contributed by atoms with E-state index in [1.807, 2.05) is 54.8 Å². The Labute approximate surface area is 239 Å². The van der Waals surface area contributed by atoms with Gasteiger partial charge in [-0.25, -0.2) is 14.8 Å². The van der Waals surface area contributed by atoms with E-state index in [0.717, 1.165) is 57.3 Å².